The maximum Gasteiger partial charge on any atom is 0.315 e. The highest BCUT2D eigenvalue weighted by molar-refractivity contribution is 7.91. The van der Waals surface area contributed by atoms with Gasteiger partial charge in [-0.2, -0.15) is 0 Å². The fourth-order valence-corrected chi connectivity index (χ4v) is 5.04. The summed E-state index contributed by atoms with van der Waals surface area (Å²) in [6.07, 6.45) is 4.70. The number of nitrogens with one attached hydrogen (secondary N) is 2. The fourth-order valence-electron chi connectivity index (χ4n) is 3.37. The van der Waals surface area contributed by atoms with Gasteiger partial charge in [-0.1, -0.05) is 30.7 Å². The lowest BCUT2D eigenvalue weighted by molar-refractivity contribution is 0.233. The Kier molecular flexibility index (Phi) is 4.38. The van der Waals surface area contributed by atoms with Crippen LogP contribution in [0, 0.1) is 0 Å². The van der Waals surface area contributed by atoms with E-state index in [1.54, 1.807) is 0 Å². The van der Waals surface area contributed by atoms with E-state index in [2.05, 4.69) is 22.8 Å². The van der Waals surface area contributed by atoms with Gasteiger partial charge in [0.25, 0.3) is 0 Å². The zero-order valence-electron chi connectivity index (χ0n) is 12.5. The number of amides is 2. The third-order valence-corrected chi connectivity index (χ3v) is 6.26. The summed E-state index contributed by atoms with van der Waals surface area (Å²) < 4.78 is 22.9. The molecule has 6 heteroatoms. The van der Waals surface area contributed by atoms with Gasteiger partial charge < -0.3 is 10.6 Å². The first kappa shape index (κ1) is 15.3. The predicted octanol–water partition coefficient (Wildman–Crippen LogP) is 1.94. The molecule has 22 heavy (non-hydrogen) atoms. The van der Waals surface area contributed by atoms with Crippen LogP contribution in [0.1, 0.15) is 42.9 Å². The summed E-state index contributed by atoms with van der Waals surface area (Å²) >= 11 is 0. The third-order valence-electron chi connectivity index (χ3n) is 4.49. The smallest absolute Gasteiger partial charge is 0.315 e. The topological polar surface area (TPSA) is 75.3 Å². The van der Waals surface area contributed by atoms with E-state index in [-0.39, 0.29) is 29.6 Å². The van der Waals surface area contributed by atoms with Crippen LogP contribution in [0.2, 0.25) is 0 Å². The molecule has 0 saturated carbocycles. The molecule has 1 aromatic rings. The van der Waals surface area contributed by atoms with Crippen molar-refractivity contribution in [3.05, 3.63) is 35.4 Å². The average Bonchev–Trinajstić information content (AvgIpc) is 2.69. The van der Waals surface area contributed by atoms with Crippen molar-refractivity contribution in [3.63, 3.8) is 0 Å². The van der Waals surface area contributed by atoms with Crippen molar-refractivity contribution < 1.29 is 13.2 Å². The van der Waals surface area contributed by atoms with Crippen LogP contribution in [0.4, 0.5) is 4.79 Å². The van der Waals surface area contributed by atoms with E-state index in [1.807, 2.05) is 12.1 Å². The molecule has 2 atom stereocenters. The predicted molar refractivity (Wildman–Crippen MR) is 85.5 cm³/mol. The number of urea groups is 1. The number of aryl methyl sites for hydroxylation is 1. The lowest BCUT2D eigenvalue weighted by atomic mass is 9.99. The second kappa shape index (κ2) is 6.28. The van der Waals surface area contributed by atoms with E-state index in [0.29, 0.717) is 6.42 Å². The number of rotatable bonds is 2. The average molecular weight is 322 g/mol. The summed E-state index contributed by atoms with van der Waals surface area (Å²) in [5.41, 5.74) is 2.49. The van der Waals surface area contributed by atoms with Crippen molar-refractivity contribution in [1.82, 2.24) is 10.6 Å². The molecule has 1 saturated heterocycles. The molecule has 120 valence electrons. The Morgan fingerprint density at radius 1 is 1.09 bits per heavy atom. The summed E-state index contributed by atoms with van der Waals surface area (Å²) in [5.74, 6) is 0.228. The van der Waals surface area contributed by atoms with Crippen LogP contribution >= 0.6 is 0 Å². The third kappa shape index (κ3) is 3.61. The second-order valence-corrected chi connectivity index (χ2v) is 8.44. The molecule has 0 radical (unpaired) electrons. The summed E-state index contributed by atoms with van der Waals surface area (Å²) in [7, 11) is -2.97. The van der Waals surface area contributed by atoms with Crippen molar-refractivity contribution in [2.24, 2.45) is 0 Å². The normalized spacial score (nSPS) is 26.7. The molecule has 1 heterocycles. The molecule has 0 bridgehead atoms. The van der Waals surface area contributed by atoms with Gasteiger partial charge in [0.1, 0.15) is 0 Å². The first-order valence-electron chi connectivity index (χ1n) is 7.89. The quantitative estimate of drug-likeness (QED) is 0.817. The van der Waals surface area contributed by atoms with Crippen LogP contribution in [0.25, 0.3) is 0 Å². The van der Waals surface area contributed by atoms with Crippen LogP contribution in [0.15, 0.2) is 24.3 Å². The van der Waals surface area contributed by atoms with Crippen molar-refractivity contribution in [3.8, 4) is 0 Å². The first-order valence-corrected chi connectivity index (χ1v) is 9.71. The number of hydrogen-bond donors (Lipinski definition) is 2. The number of benzene rings is 1. The van der Waals surface area contributed by atoms with Crippen molar-refractivity contribution in [2.45, 2.75) is 44.2 Å². The highest BCUT2D eigenvalue weighted by atomic mass is 32.2. The van der Waals surface area contributed by atoms with E-state index in [4.69, 9.17) is 0 Å². The van der Waals surface area contributed by atoms with Gasteiger partial charge in [0, 0.05) is 6.04 Å². The van der Waals surface area contributed by atoms with Gasteiger partial charge in [0.15, 0.2) is 9.84 Å². The van der Waals surface area contributed by atoms with Crippen molar-refractivity contribution >= 4 is 15.9 Å². The lowest BCUT2D eigenvalue weighted by Crippen LogP contribution is -2.44. The molecule has 1 aromatic carbocycles. The summed E-state index contributed by atoms with van der Waals surface area (Å²) in [6, 6.07) is 7.72. The van der Waals surface area contributed by atoms with Crippen LogP contribution in [-0.2, 0) is 16.3 Å². The van der Waals surface area contributed by atoms with Gasteiger partial charge in [-0.25, -0.2) is 13.2 Å². The van der Waals surface area contributed by atoms with Gasteiger partial charge in [-0.05, 0) is 36.8 Å². The lowest BCUT2D eigenvalue weighted by Gasteiger charge is -2.21. The molecule has 0 unspecified atom stereocenters. The van der Waals surface area contributed by atoms with Gasteiger partial charge in [0.2, 0.25) is 0 Å². The van der Waals surface area contributed by atoms with E-state index in [9.17, 15) is 13.2 Å². The molecular formula is C16H22N2O3S. The maximum absolute atomic E-state index is 12.2. The standard InChI is InChI=1S/C16H22N2O3S/c19-16(17-13-9-10-22(20,21)11-13)18-15-8-4-2-6-12-5-1-3-7-14(12)15/h1,3,5,7,13,15H,2,4,6,8-11H2,(H2,17,18,19)/t13-,15+/m1/s1. The molecule has 0 spiro atoms. The summed E-state index contributed by atoms with van der Waals surface area (Å²) in [6.45, 7) is 0. The highest BCUT2D eigenvalue weighted by Gasteiger charge is 2.29. The number of carbonyl (C=O) groups excluding carboxylic acids is 1. The molecule has 0 aromatic heterocycles. The number of hydrogen-bond acceptors (Lipinski definition) is 3. The van der Waals surface area contributed by atoms with Crippen LogP contribution in [0.3, 0.4) is 0 Å². The molecular weight excluding hydrogens is 300 g/mol. The monoisotopic (exact) mass is 322 g/mol. The van der Waals surface area contributed by atoms with Gasteiger partial charge >= 0.3 is 6.03 Å². The zero-order valence-corrected chi connectivity index (χ0v) is 13.4. The Morgan fingerprint density at radius 2 is 1.91 bits per heavy atom. The van der Waals surface area contributed by atoms with Crippen molar-refractivity contribution in [1.29, 1.82) is 0 Å². The Labute approximate surface area is 131 Å². The number of sulfone groups is 1. The second-order valence-electron chi connectivity index (χ2n) is 6.21. The van der Waals surface area contributed by atoms with E-state index >= 15 is 0 Å². The Morgan fingerprint density at radius 3 is 2.68 bits per heavy atom. The SMILES string of the molecule is O=C(N[C@@H]1CCS(=O)(=O)C1)N[C@H]1CCCCc2ccccc21. The van der Waals surface area contributed by atoms with E-state index in [0.717, 1.165) is 25.7 Å². The zero-order chi connectivity index (χ0) is 15.6. The molecule has 5 nitrogen and oxygen atoms in total. The van der Waals surface area contributed by atoms with Crippen LogP contribution in [-0.4, -0.2) is 32.0 Å². The highest BCUT2D eigenvalue weighted by Crippen LogP contribution is 2.28. The first-order chi connectivity index (χ1) is 10.5. The molecule has 1 fully saturated rings. The molecule has 3 rings (SSSR count). The van der Waals surface area contributed by atoms with E-state index < -0.39 is 9.84 Å². The molecule has 2 amide bonds. The van der Waals surface area contributed by atoms with Gasteiger partial charge in [0.05, 0.1) is 17.5 Å². The van der Waals surface area contributed by atoms with Crippen molar-refractivity contribution in [2.75, 3.05) is 11.5 Å². The summed E-state index contributed by atoms with van der Waals surface area (Å²) in [4.78, 5) is 12.2. The minimum atomic E-state index is -2.97. The minimum absolute atomic E-state index is 0.0108. The maximum atomic E-state index is 12.2. The number of carbonyl (C=O) groups is 1. The van der Waals surface area contributed by atoms with E-state index in [1.165, 1.54) is 11.1 Å². The van der Waals surface area contributed by atoms with Crippen LogP contribution < -0.4 is 10.6 Å². The summed E-state index contributed by atoms with van der Waals surface area (Å²) in [5, 5.41) is 5.83. The fraction of sp³-hybridized carbons (Fsp3) is 0.562. The molecule has 1 aliphatic carbocycles. The number of fused-ring (bicyclic) bond motifs is 1. The molecule has 1 aliphatic heterocycles. The Hall–Kier alpha value is -1.56. The van der Waals surface area contributed by atoms with Gasteiger partial charge in [-0.15, -0.1) is 0 Å². The Bertz CT molecular complexity index is 657. The molecule has 2 N–H and O–H groups in total. The minimum Gasteiger partial charge on any atom is -0.334 e. The van der Waals surface area contributed by atoms with Gasteiger partial charge in [-0.3, -0.25) is 0 Å². The Balaban J connectivity index is 1.64. The van der Waals surface area contributed by atoms with Crippen LogP contribution in [0.5, 0.6) is 0 Å². The largest absolute Gasteiger partial charge is 0.334 e. The molecule has 2 aliphatic rings.